The van der Waals surface area contributed by atoms with Crippen LogP contribution in [-0.2, 0) is 12.0 Å². The largest absolute Gasteiger partial charge is 0.493 e. The second-order valence-electron chi connectivity index (χ2n) is 6.53. The van der Waals surface area contributed by atoms with E-state index in [0.29, 0.717) is 0 Å². The highest BCUT2D eigenvalue weighted by molar-refractivity contribution is 5.60. The highest BCUT2D eigenvalue weighted by Gasteiger charge is 2.51. The number of rotatable bonds is 3. The first-order chi connectivity index (χ1) is 10.8. The van der Waals surface area contributed by atoms with Crippen LogP contribution in [0.25, 0.3) is 0 Å². The Hall–Kier alpha value is -1.74. The molecule has 22 heavy (non-hydrogen) atoms. The lowest BCUT2D eigenvalue weighted by Gasteiger charge is -2.34. The molecule has 3 heteroatoms. The van der Waals surface area contributed by atoms with Gasteiger partial charge in [0.1, 0.15) is 6.10 Å². The van der Waals surface area contributed by atoms with E-state index < -0.39 is 0 Å². The number of hydrogen-bond acceptors (Lipinski definition) is 3. The summed E-state index contributed by atoms with van der Waals surface area (Å²) in [5, 5.41) is 0. The molecule has 2 aliphatic heterocycles. The first-order valence-electron chi connectivity index (χ1n) is 8.16. The van der Waals surface area contributed by atoms with E-state index in [2.05, 4.69) is 35.8 Å². The molecule has 2 atom stereocenters. The Morgan fingerprint density at radius 3 is 3.23 bits per heavy atom. The predicted molar refractivity (Wildman–Crippen MR) is 87.6 cm³/mol. The summed E-state index contributed by atoms with van der Waals surface area (Å²) >= 11 is 0. The Morgan fingerprint density at radius 1 is 1.50 bits per heavy atom. The van der Waals surface area contributed by atoms with E-state index >= 15 is 0 Å². The first kappa shape index (κ1) is 13.9. The van der Waals surface area contributed by atoms with Gasteiger partial charge < -0.3 is 9.47 Å². The molecular weight excluding hydrogens is 274 g/mol. The van der Waals surface area contributed by atoms with E-state index in [1.54, 1.807) is 7.11 Å². The maximum Gasteiger partial charge on any atom is 0.166 e. The average molecular weight is 297 g/mol. The Morgan fingerprint density at radius 2 is 2.41 bits per heavy atom. The molecule has 1 aromatic carbocycles. The lowest BCUT2D eigenvalue weighted by molar-refractivity contribution is 0.138. The second-order valence-corrected chi connectivity index (χ2v) is 6.53. The summed E-state index contributed by atoms with van der Waals surface area (Å²) in [6.07, 6.45) is 10.3. The van der Waals surface area contributed by atoms with Gasteiger partial charge in [0.2, 0.25) is 0 Å². The van der Waals surface area contributed by atoms with Gasteiger partial charge in [-0.3, -0.25) is 4.90 Å². The topological polar surface area (TPSA) is 21.7 Å². The van der Waals surface area contributed by atoms with Crippen LogP contribution in [0.15, 0.2) is 36.9 Å². The molecule has 0 aromatic heterocycles. The van der Waals surface area contributed by atoms with Crippen molar-refractivity contribution in [3.8, 4) is 11.5 Å². The summed E-state index contributed by atoms with van der Waals surface area (Å²) in [6, 6.07) is 4.27. The fourth-order valence-corrected chi connectivity index (χ4v) is 4.35. The molecule has 4 rings (SSSR count). The van der Waals surface area contributed by atoms with Gasteiger partial charge in [-0.15, -0.1) is 6.58 Å². The van der Waals surface area contributed by atoms with Crippen molar-refractivity contribution in [1.29, 1.82) is 0 Å². The molecule has 0 saturated heterocycles. The highest BCUT2D eigenvalue weighted by Crippen LogP contribution is 2.55. The fraction of sp³-hybridized carbons (Fsp3) is 0.474. The molecular formula is C19H23NO2. The molecule has 2 unspecified atom stereocenters. The van der Waals surface area contributed by atoms with Crippen LogP contribution < -0.4 is 9.47 Å². The molecule has 1 aromatic rings. The number of methoxy groups -OCH3 is 1. The van der Waals surface area contributed by atoms with Crippen molar-refractivity contribution < 1.29 is 9.47 Å². The lowest BCUT2D eigenvalue weighted by Crippen LogP contribution is -2.39. The number of hydrogen-bond donors (Lipinski definition) is 0. The molecule has 1 aliphatic carbocycles. The van der Waals surface area contributed by atoms with Crippen LogP contribution in [0.3, 0.4) is 0 Å². The number of nitrogens with zero attached hydrogens (tertiary/aromatic N) is 1. The van der Waals surface area contributed by atoms with Crippen LogP contribution in [0.2, 0.25) is 0 Å². The molecule has 0 fully saturated rings. The quantitative estimate of drug-likeness (QED) is 0.798. The van der Waals surface area contributed by atoms with Crippen molar-refractivity contribution in [3.63, 3.8) is 0 Å². The minimum absolute atomic E-state index is 0.0351. The normalized spacial score (nSPS) is 29.2. The van der Waals surface area contributed by atoms with E-state index in [1.165, 1.54) is 11.1 Å². The third-order valence-electron chi connectivity index (χ3n) is 5.36. The molecule has 1 spiro atoms. The van der Waals surface area contributed by atoms with E-state index in [4.69, 9.17) is 9.47 Å². The van der Waals surface area contributed by atoms with Crippen molar-refractivity contribution in [2.45, 2.75) is 37.3 Å². The monoisotopic (exact) mass is 297 g/mol. The Kier molecular flexibility index (Phi) is 3.26. The summed E-state index contributed by atoms with van der Waals surface area (Å²) in [6.45, 7) is 6.87. The molecule has 3 nitrogen and oxygen atoms in total. The Bertz CT molecular complexity index is 637. The number of allylic oxidation sites excluding steroid dienone is 1. The molecule has 0 N–H and O–H groups in total. The molecule has 0 bridgehead atoms. The maximum absolute atomic E-state index is 6.38. The summed E-state index contributed by atoms with van der Waals surface area (Å²) < 4.78 is 12.0. The van der Waals surface area contributed by atoms with E-state index in [1.807, 2.05) is 6.08 Å². The van der Waals surface area contributed by atoms with Gasteiger partial charge in [0, 0.05) is 25.2 Å². The van der Waals surface area contributed by atoms with Crippen molar-refractivity contribution >= 4 is 0 Å². The minimum Gasteiger partial charge on any atom is -0.493 e. The van der Waals surface area contributed by atoms with Gasteiger partial charge in [-0.2, -0.15) is 0 Å². The summed E-state index contributed by atoms with van der Waals surface area (Å²) in [5.74, 6) is 1.86. The van der Waals surface area contributed by atoms with E-state index in [-0.39, 0.29) is 11.5 Å². The smallest absolute Gasteiger partial charge is 0.166 e. The van der Waals surface area contributed by atoms with E-state index in [9.17, 15) is 0 Å². The molecule has 0 amide bonds. The van der Waals surface area contributed by atoms with Crippen LogP contribution in [0.1, 0.15) is 30.4 Å². The van der Waals surface area contributed by atoms with Crippen LogP contribution in [0, 0.1) is 0 Å². The van der Waals surface area contributed by atoms with E-state index in [0.717, 1.165) is 50.4 Å². The highest BCUT2D eigenvalue weighted by atomic mass is 16.5. The standard InChI is InChI=1S/C19H23NO2/c1-3-11-20-12-10-19-9-5-4-6-16(19)22-18-15(21-2)8-7-14(13-20)17(18)19/h3,5,7-9,16H,1,4,6,10-13H2,2H3. The molecule has 3 aliphatic rings. The third kappa shape index (κ3) is 1.85. The second kappa shape index (κ2) is 5.17. The van der Waals surface area contributed by atoms with Gasteiger partial charge >= 0.3 is 0 Å². The third-order valence-corrected chi connectivity index (χ3v) is 5.36. The van der Waals surface area contributed by atoms with Gasteiger partial charge in [0.25, 0.3) is 0 Å². The average Bonchev–Trinajstić information content (AvgIpc) is 2.80. The van der Waals surface area contributed by atoms with Crippen LogP contribution in [-0.4, -0.2) is 31.2 Å². The zero-order valence-corrected chi connectivity index (χ0v) is 13.2. The van der Waals surface area contributed by atoms with Crippen molar-refractivity contribution in [2.75, 3.05) is 20.2 Å². The SMILES string of the molecule is C=CCN1CCC23C=CCCC2Oc2c(OC)ccc(c23)C1. The summed E-state index contributed by atoms with van der Waals surface area (Å²) in [5.41, 5.74) is 2.79. The van der Waals surface area contributed by atoms with Crippen LogP contribution in [0.4, 0.5) is 0 Å². The fourth-order valence-electron chi connectivity index (χ4n) is 4.35. The van der Waals surface area contributed by atoms with Crippen LogP contribution in [0.5, 0.6) is 11.5 Å². The Balaban J connectivity index is 1.89. The number of benzene rings is 1. The number of ether oxygens (including phenoxy) is 2. The van der Waals surface area contributed by atoms with Crippen molar-refractivity contribution in [3.05, 3.63) is 48.1 Å². The summed E-state index contributed by atoms with van der Waals surface area (Å²) in [7, 11) is 1.73. The van der Waals surface area contributed by atoms with Crippen molar-refractivity contribution in [2.24, 2.45) is 0 Å². The van der Waals surface area contributed by atoms with Crippen molar-refractivity contribution in [1.82, 2.24) is 4.90 Å². The van der Waals surface area contributed by atoms with Gasteiger partial charge in [0.05, 0.1) is 12.5 Å². The molecule has 2 heterocycles. The maximum atomic E-state index is 6.38. The minimum atomic E-state index is 0.0351. The van der Waals surface area contributed by atoms with Gasteiger partial charge in [0.15, 0.2) is 11.5 Å². The zero-order chi connectivity index (χ0) is 15.2. The molecule has 0 radical (unpaired) electrons. The van der Waals surface area contributed by atoms with Gasteiger partial charge in [-0.1, -0.05) is 24.3 Å². The van der Waals surface area contributed by atoms with Gasteiger partial charge in [-0.05, 0) is 30.9 Å². The van der Waals surface area contributed by atoms with Crippen LogP contribution >= 0.6 is 0 Å². The summed E-state index contributed by atoms with van der Waals surface area (Å²) in [4.78, 5) is 2.47. The predicted octanol–water partition coefficient (Wildman–Crippen LogP) is 3.44. The molecule has 116 valence electrons. The van der Waals surface area contributed by atoms with Gasteiger partial charge in [-0.25, -0.2) is 0 Å². The molecule has 0 saturated carbocycles. The Labute approximate surface area is 132 Å². The zero-order valence-electron chi connectivity index (χ0n) is 13.2. The first-order valence-corrected chi connectivity index (χ1v) is 8.16. The lowest BCUT2D eigenvalue weighted by atomic mass is 9.69.